The third-order valence-corrected chi connectivity index (χ3v) is 5.30. The lowest BCUT2D eigenvalue weighted by atomic mass is 9.74. The average molecular weight is 277 g/mol. The predicted octanol–water partition coefficient (Wildman–Crippen LogP) is 3.47. The highest BCUT2D eigenvalue weighted by atomic mass is 15.3. The molecule has 1 aliphatic rings. The molecule has 0 radical (unpaired) electrons. The zero-order valence-corrected chi connectivity index (χ0v) is 13.7. The Balaban J connectivity index is 2.17. The van der Waals surface area contributed by atoms with Crippen LogP contribution >= 0.6 is 0 Å². The van der Waals surface area contributed by atoms with Gasteiger partial charge in [-0.25, -0.2) is 0 Å². The van der Waals surface area contributed by atoms with Crippen LogP contribution in [0, 0.1) is 5.41 Å². The fourth-order valence-corrected chi connectivity index (χ4v) is 3.92. The molecule has 0 bridgehead atoms. The molecule has 1 N–H and O–H groups in total. The molecule has 3 nitrogen and oxygen atoms in total. The van der Waals surface area contributed by atoms with Crippen molar-refractivity contribution in [3.05, 3.63) is 17.5 Å². The highest BCUT2D eigenvalue weighted by molar-refractivity contribution is 5.13. The minimum atomic E-state index is 0.507. The van der Waals surface area contributed by atoms with Gasteiger partial charge >= 0.3 is 0 Å². The summed E-state index contributed by atoms with van der Waals surface area (Å²) in [4.78, 5) is 0. The van der Waals surface area contributed by atoms with E-state index >= 15 is 0 Å². The molecule has 2 rings (SSSR count). The molecule has 1 saturated carbocycles. The summed E-state index contributed by atoms with van der Waals surface area (Å²) in [7, 11) is 2.09. The lowest BCUT2D eigenvalue weighted by Crippen LogP contribution is -2.45. The van der Waals surface area contributed by atoms with Gasteiger partial charge in [-0.15, -0.1) is 0 Å². The first kappa shape index (κ1) is 15.6. The van der Waals surface area contributed by atoms with Crippen LogP contribution in [0.1, 0.15) is 64.3 Å². The second-order valence-electron chi connectivity index (χ2n) is 6.34. The minimum absolute atomic E-state index is 0.507. The first-order valence-corrected chi connectivity index (χ1v) is 8.40. The van der Waals surface area contributed by atoms with Crippen LogP contribution in [-0.2, 0) is 19.9 Å². The maximum absolute atomic E-state index is 4.61. The fourth-order valence-electron chi connectivity index (χ4n) is 3.92. The number of hydrogen-bond acceptors (Lipinski definition) is 2. The van der Waals surface area contributed by atoms with Crippen molar-refractivity contribution in [2.45, 2.75) is 71.8 Å². The van der Waals surface area contributed by atoms with E-state index in [0.717, 1.165) is 19.4 Å². The van der Waals surface area contributed by atoms with Gasteiger partial charge in [0.25, 0.3) is 0 Å². The van der Waals surface area contributed by atoms with Gasteiger partial charge in [0.05, 0.1) is 5.69 Å². The molecule has 0 amide bonds. The monoisotopic (exact) mass is 277 g/mol. The van der Waals surface area contributed by atoms with E-state index in [1.807, 2.05) is 0 Å². The summed E-state index contributed by atoms with van der Waals surface area (Å²) in [6, 6.07) is 2.89. The number of aromatic nitrogens is 2. The van der Waals surface area contributed by atoms with E-state index in [4.69, 9.17) is 0 Å². The van der Waals surface area contributed by atoms with Crippen LogP contribution in [0.4, 0.5) is 0 Å². The maximum Gasteiger partial charge on any atom is 0.0624 e. The highest BCUT2D eigenvalue weighted by Gasteiger charge is 2.39. The van der Waals surface area contributed by atoms with E-state index in [0.29, 0.717) is 11.5 Å². The Labute approximate surface area is 124 Å². The third-order valence-electron chi connectivity index (χ3n) is 5.30. The number of likely N-dealkylation sites (N-methyl/N-ethyl adjacent to an activating group) is 1. The maximum atomic E-state index is 4.61. The number of nitrogens with one attached hydrogen (secondary N) is 1. The summed E-state index contributed by atoms with van der Waals surface area (Å²) in [6.45, 7) is 7.84. The van der Waals surface area contributed by atoms with Gasteiger partial charge in [0.2, 0.25) is 0 Å². The molecule has 0 aliphatic heterocycles. The summed E-state index contributed by atoms with van der Waals surface area (Å²) in [5.74, 6) is 0. The van der Waals surface area contributed by atoms with Crippen LogP contribution in [0.25, 0.3) is 0 Å². The molecule has 114 valence electrons. The lowest BCUT2D eigenvalue weighted by Gasteiger charge is -2.37. The molecule has 1 aliphatic carbocycles. The molecule has 0 spiro atoms. The van der Waals surface area contributed by atoms with Crippen LogP contribution in [0.15, 0.2) is 6.07 Å². The molecule has 1 aromatic heterocycles. The van der Waals surface area contributed by atoms with Crippen molar-refractivity contribution in [2.24, 2.45) is 12.5 Å². The molecule has 20 heavy (non-hydrogen) atoms. The average Bonchev–Trinajstić information content (AvgIpc) is 3.06. The summed E-state index contributed by atoms with van der Waals surface area (Å²) in [6.07, 6.45) is 9.02. The quantitative estimate of drug-likeness (QED) is 0.827. The number of aryl methyl sites for hydroxylation is 2. The summed E-state index contributed by atoms with van der Waals surface area (Å²) in [5, 5.41) is 8.38. The first-order chi connectivity index (χ1) is 9.65. The second kappa shape index (κ2) is 6.75. The molecule has 1 aromatic rings. The molecule has 1 heterocycles. The van der Waals surface area contributed by atoms with Crippen molar-refractivity contribution in [3.8, 4) is 0 Å². The molecule has 0 saturated heterocycles. The standard InChI is InChI=1S/C17H31N3/c1-5-14-12-15(20(4)19-14)13-16(18-7-3)17(6-2)10-8-9-11-17/h12,16,18H,5-11,13H2,1-4H3. The second-order valence-corrected chi connectivity index (χ2v) is 6.34. The van der Waals surface area contributed by atoms with Gasteiger partial charge < -0.3 is 5.32 Å². The Morgan fingerprint density at radius 1 is 1.30 bits per heavy atom. The zero-order valence-electron chi connectivity index (χ0n) is 13.7. The van der Waals surface area contributed by atoms with Crippen molar-refractivity contribution in [1.82, 2.24) is 15.1 Å². The van der Waals surface area contributed by atoms with Crippen LogP contribution in [0.2, 0.25) is 0 Å². The van der Waals surface area contributed by atoms with Crippen LogP contribution in [0.5, 0.6) is 0 Å². The van der Waals surface area contributed by atoms with E-state index in [-0.39, 0.29) is 0 Å². The van der Waals surface area contributed by atoms with E-state index in [9.17, 15) is 0 Å². The highest BCUT2D eigenvalue weighted by Crippen LogP contribution is 2.44. The topological polar surface area (TPSA) is 29.9 Å². The Hall–Kier alpha value is -0.830. The van der Waals surface area contributed by atoms with E-state index in [1.54, 1.807) is 0 Å². The molecule has 1 atom stereocenters. The molecule has 3 heteroatoms. The largest absolute Gasteiger partial charge is 0.313 e. The number of rotatable bonds is 7. The number of nitrogens with zero attached hydrogens (tertiary/aromatic N) is 2. The third kappa shape index (κ3) is 3.08. The van der Waals surface area contributed by atoms with Gasteiger partial charge in [0.1, 0.15) is 0 Å². The molecule has 1 fully saturated rings. The summed E-state index contributed by atoms with van der Waals surface area (Å²) < 4.78 is 2.08. The molecule has 0 aromatic carbocycles. The van der Waals surface area contributed by atoms with E-state index in [2.05, 4.69) is 49.0 Å². The van der Waals surface area contributed by atoms with Crippen molar-refractivity contribution < 1.29 is 0 Å². The van der Waals surface area contributed by atoms with Crippen molar-refractivity contribution >= 4 is 0 Å². The Bertz CT molecular complexity index is 416. The predicted molar refractivity (Wildman–Crippen MR) is 84.9 cm³/mol. The van der Waals surface area contributed by atoms with Crippen LogP contribution < -0.4 is 5.32 Å². The normalized spacial score (nSPS) is 19.4. The Morgan fingerprint density at radius 2 is 2.00 bits per heavy atom. The van der Waals surface area contributed by atoms with Gasteiger partial charge in [0.15, 0.2) is 0 Å². The fraction of sp³-hybridized carbons (Fsp3) is 0.824. The Kier molecular flexibility index (Phi) is 5.25. The van der Waals surface area contributed by atoms with Crippen LogP contribution in [-0.4, -0.2) is 22.4 Å². The number of hydrogen-bond donors (Lipinski definition) is 1. The summed E-state index contributed by atoms with van der Waals surface area (Å²) in [5.41, 5.74) is 3.11. The van der Waals surface area contributed by atoms with Gasteiger partial charge in [-0.05, 0) is 43.7 Å². The summed E-state index contributed by atoms with van der Waals surface area (Å²) >= 11 is 0. The minimum Gasteiger partial charge on any atom is -0.313 e. The van der Waals surface area contributed by atoms with Gasteiger partial charge in [-0.2, -0.15) is 5.10 Å². The van der Waals surface area contributed by atoms with E-state index < -0.39 is 0 Å². The first-order valence-electron chi connectivity index (χ1n) is 8.40. The van der Waals surface area contributed by atoms with Crippen molar-refractivity contribution in [2.75, 3.05) is 6.54 Å². The molecular weight excluding hydrogens is 246 g/mol. The van der Waals surface area contributed by atoms with Crippen molar-refractivity contribution in [3.63, 3.8) is 0 Å². The SMILES string of the molecule is CCNC(Cc1cc(CC)nn1C)C1(CC)CCCC1. The van der Waals surface area contributed by atoms with Gasteiger partial charge in [0, 0.05) is 25.2 Å². The molecule has 1 unspecified atom stereocenters. The zero-order chi connectivity index (χ0) is 14.6. The molecular formula is C17H31N3. The van der Waals surface area contributed by atoms with Crippen LogP contribution in [0.3, 0.4) is 0 Å². The lowest BCUT2D eigenvalue weighted by molar-refractivity contribution is 0.184. The van der Waals surface area contributed by atoms with Gasteiger partial charge in [-0.3, -0.25) is 4.68 Å². The van der Waals surface area contributed by atoms with Crippen molar-refractivity contribution in [1.29, 1.82) is 0 Å². The van der Waals surface area contributed by atoms with Gasteiger partial charge in [-0.1, -0.05) is 33.6 Å². The Morgan fingerprint density at radius 3 is 2.50 bits per heavy atom. The van der Waals surface area contributed by atoms with E-state index in [1.165, 1.54) is 43.5 Å². The smallest absolute Gasteiger partial charge is 0.0624 e.